The Morgan fingerprint density at radius 3 is 2.27 bits per heavy atom. The van der Waals surface area contributed by atoms with E-state index in [-0.39, 0.29) is 12.5 Å². The van der Waals surface area contributed by atoms with Gasteiger partial charge in [-0.15, -0.1) is 0 Å². The van der Waals surface area contributed by atoms with Crippen LogP contribution in [-0.2, 0) is 19.1 Å². The molecule has 0 aromatic carbocycles. The van der Waals surface area contributed by atoms with Crippen LogP contribution in [0.15, 0.2) is 0 Å². The van der Waals surface area contributed by atoms with E-state index >= 15 is 0 Å². The van der Waals surface area contributed by atoms with E-state index in [1.54, 1.807) is 27.7 Å². The van der Waals surface area contributed by atoms with Gasteiger partial charge in [-0.2, -0.15) is 0 Å². The van der Waals surface area contributed by atoms with Gasteiger partial charge in [0.15, 0.2) is 0 Å². The SMILES string of the molecule is COCC(=O)N[C@H](C)C(=O)OC(C)(C)C. The number of esters is 1. The number of rotatable bonds is 4. The summed E-state index contributed by atoms with van der Waals surface area (Å²) in [5.74, 6) is -0.789. The van der Waals surface area contributed by atoms with Gasteiger partial charge in [0.05, 0.1) is 0 Å². The summed E-state index contributed by atoms with van der Waals surface area (Å²) >= 11 is 0. The first-order chi connectivity index (χ1) is 6.76. The summed E-state index contributed by atoms with van der Waals surface area (Å²) < 4.78 is 9.71. The van der Waals surface area contributed by atoms with Gasteiger partial charge < -0.3 is 14.8 Å². The molecule has 0 aromatic rings. The monoisotopic (exact) mass is 217 g/mol. The van der Waals surface area contributed by atoms with Crippen LogP contribution < -0.4 is 5.32 Å². The molecule has 0 aliphatic carbocycles. The first-order valence-corrected chi connectivity index (χ1v) is 4.77. The number of carbonyl (C=O) groups is 2. The molecule has 0 heterocycles. The van der Waals surface area contributed by atoms with E-state index in [1.807, 2.05) is 0 Å². The third kappa shape index (κ3) is 6.90. The second-order valence-electron chi connectivity index (χ2n) is 4.26. The molecule has 0 spiro atoms. The Bertz CT molecular complexity index is 232. The second-order valence-corrected chi connectivity index (χ2v) is 4.26. The number of ether oxygens (including phenoxy) is 2. The zero-order valence-electron chi connectivity index (χ0n) is 9.92. The molecule has 0 aliphatic rings. The Labute approximate surface area is 90.1 Å². The fourth-order valence-corrected chi connectivity index (χ4v) is 0.863. The molecule has 0 bridgehead atoms. The summed E-state index contributed by atoms with van der Waals surface area (Å²) in [5.41, 5.74) is -0.544. The van der Waals surface area contributed by atoms with Crippen molar-refractivity contribution in [3.8, 4) is 0 Å². The highest BCUT2D eigenvalue weighted by Crippen LogP contribution is 2.08. The number of carbonyl (C=O) groups excluding carboxylic acids is 2. The summed E-state index contributed by atoms with van der Waals surface area (Å²) in [6, 6.07) is -0.660. The van der Waals surface area contributed by atoms with Gasteiger partial charge in [0, 0.05) is 7.11 Å². The lowest BCUT2D eigenvalue weighted by Crippen LogP contribution is -2.43. The number of hydrogen-bond acceptors (Lipinski definition) is 4. The van der Waals surface area contributed by atoms with E-state index in [4.69, 9.17) is 4.74 Å². The Morgan fingerprint density at radius 2 is 1.87 bits per heavy atom. The zero-order chi connectivity index (χ0) is 12.1. The van der Waals surface area contributed by atoms with Crippen LogP contribution in [0.1, 0.15) is 27.7 Å². The van der Waals surface area contributed by atoms with E-state index in [2.05, 4.69) is 10.1 Å². The molecule has 0 aromatic heterocycles. The lowest BCUT2D eigenvalue weighted by Gasteiger charge is -2.22. The Kier molecular flexibility index (Phi) is 5.28. The third-order valence-electron chi connectivity index (χ3n) is 1.41. The van der Waals surface area contributed by atoms with Gasteiger partial charge in [-0.25, -0.2) is 4.79 Å². The van der Waals surface area contributed by atoms with Gasteiger partial charge >= 0.3 is 5.97 Å². The predicted molar refractivity (Wildman–Crippen MR) is 55.3 cm³/mol. The maximum Gasteiger partial charge on any atom is 0.328 e. The van der Waals surface area contributed by atoms with Crippen LogP contribution in [0.3, 0.4) is 0 Å². The quantitative estimate of drug-likeness (QED) is 0.696. The number of hydrogen-bond donors (Lipinski definition) is 1. The van der Waals surface area contributed by atoms with Gasteiger partial charge in [0.25, 0.3) is 0 Å². The van der Waals surface area contributed by atoms with Crippen molar-refractivity contribution in [1.82, 2.24) is 5.32 Å². The molecule has 0 unspecified atom stereocenters. The zero-order valence-corrected chi connectivity index (χ0v) is 9.92. The van der Waals surface area contributed by atoms with Crippen LogP contribution in [0, 0.1) is 0 Å². The highest BCUT2D eigenvalue weighted by atomic mass is 16.6. The van der Waals surface area contributed by atoms with E-state index in [1.165, 1.54) is 7.11 Å². The van der Waals surface area contributed by atoms with Crippen LogP contribution in [0.5, 0.6) is 0 Å². The average Bonchev–Trinajstić information content (AvgIpc) is 2.00. The van der Waals surface area contributed by atoms with Gasteiger partial charge in [-0.1, -0.05) is 0 Å². The van der Waals surface area contributed by atoms with E-state index < -0.39 is 17.6 Å². The lowest BCUT2D eigenvalue weighted by atomic mass is 10.2. The Balaban J connectivity index is 4.05. The number of methoxy groups -OCH3 is 1. The lowest BCUT2D eigenvalue weighted by molar-refractivity contribution is -0.158. The molecule has 1 N–H and O–H groups in total. The third-order valence-corrected chi connectivity index (χ3v) is 1.41. The minimum absolute atomic E-state index is 0.0624. The van der Waals surface area contributed by atoms with Gasteiger partial charge in [-0.3, -0.25) is 4.79 Å². The first kappa shape index (κ1) is 13.9. The maximum atomic E-state index is 11.4. The van der Waals surface area contributed by atoms with Crippen LogP contribution in [0.4, 0.5) is 0 Å². The average molecular weight is 217 g/mol. The molecule has 0 radical (unpaired) electrons. The van der Waals surface area contributed by atoms with Crippen LogP contribution in [0.25, 0.3) is 0 Å². The standard InChI is InChI=1S/C10H19NO4/c1-7(11-8(12)6-14-5)9(13)15-10(2,3)4/h7H,6H2,1-5H3,(H,11,12)/t7-/m1/s1. The van der Waals surface area contributed by atoms with Crippen molar-refractivity contribution < 1.29 is 19.1 Å². The molecule has 0 rings (SSSR count). The fraction of sp³-hybridized carbons (Fsp3) is 0.800. The minimum atomic E-state index is -0.660. The van der Waals surface area contributed by atoms with Gasteiger partial charge in [0.2, 0.25) is 5.91 Å². The molecule has 1 atom stereocenters. The first-order valence-electron chi connectivity index (χ1n) is 4.77. The highest BCUT2D eigenvalue weighted by molar-refractivity contribution is 5.84. The summed E-state index contributed by atoms with van der Waals surface area (Å²) in [6.45, 7) is 6.83. The van der Waals surface area contributed by atoms with Crippen molar-refractivity contribution in [2.75, 3.05) is 13.7 Å². The van der Waals surface area contributed by atoms with Crippen molar-refractivity contribution in [2.45, 2.75) is 39.3 Å². The van der Waals surface area contributed by atoms with Crippen molar-refractivity contribution in [3.63, 3.8) is 0 Å². The van der Waals surface area contributed by atoms with Crippen molar-refractivity contribution >= 4 is 11.9 Å². The molecule has 1 amide bonds. The van der Waals surface area contributed by atoms with Crippen LogP contribution in [0.2, 0.25) is 0 Å². The molecule has 0 fully saturated rings. The molecule has 0 aliphatic heterocycles. The fourth-order valence-electron chi connectivity index (χ4n) is 0.863. The second kappa shape index (κ2) is 5.70. The normalized spacial score (nSPS) is 13.1. The number of nitrogens with one attached hydrogen (secondary N) is 1. The summed E-state index contributed by atoms with van der Waals surface area (Å²) in [5, 5.41) is 2.46. The van der Waals surface area contributed by atoms with E-state index in [9.17, 15) is 9.59 Å². The molecular weight excluding hydrogens is 198 g/mol. The van der Waals surface area contributed by atoms with Crippen molar-refractivity contribution in [2.24, 2.45) is 0 Å². The summed E-state index contributed by atoms with van der Waals surface area (Å²) in [6.07, 6.45) is 0. The summed E-state index contributed by atoms with van der Waals surface area (Å²) in [7, 11) is 1.41. The largest absolute Gasteiger partial charge is 0.458 e. The highest BCUT2D eigenvalue weighted by Gasteiger charge is 2.22. The number of amides is 1. The molecule has 0 saturated heterocycles. The smallest absolute Gasteiger partial charge is 0.328 e. The molecule has 15 heavy (non-hydrogen) atoms. The van der Waals surface area contributed by atoms with Crippen LogP contribution in [-0.4, -0.2) is 37.2 Å². The predicted octanol–water partition coefficient (Wildman–Crippen LogP) is 0.479. The van der Waals surface area contributed by atoms with Crippen molar-refractivity contribution in [3.05, 3.63) is 0 Å². The van der Waals surface area contributed by atoms with Crippen LogP contribution >= 0.6 is 0 Å². The van der Waals surface area contributed by atoms with Gasteiger partial charge in [-0.05, 0) is 27.7 Å². The molecular formula is C10H19NO4. The minimum Gasteiger partial charge on any atom is -0.458 e. The van der Waals surface area contributed by atoms with Gasteiger partial charge in [0.1, 0.15) is 18.2 Å². The summed E-state index contributed by atoms with van der Waals surface area (Å²) in [4.78, 5) is 22.5. The Hall–Kier alpha value is -1.10. The van der Waals surface area contributed by atoms with Crippen molar-refractivity contribution in [1.29, 1.82) is 0 Å². The molecule has 5 heteroatoms. The topological polar surface area (TPSA) is 64.6 Å². The van der Waals surface area contributed by atoms with E-state index in [0.29, 0.717) is 0 Å². The van der Waals surface area contributed by atoms with E-state index in [0.717, 1.165) is 0 Å². The maximum absolute atomic E-state index is 11.4. The molecule has 5 nitrogen and oxygen atoms in total. The molecule has 88 valence electrons. The molecule has 0 saturated carbocycles. The Morgan fingerprint density at radius 1 is 1.33 bits per heavy atom.